The quantitative estimate of drug-likeness (QED) is 0.811. The van der Waals surface area contributed by atoms with Gasteiger partial charge < -0.3 is 5.73 Å². The van der Waals surface area contributed by atoms with E-state index < -0.39 is 10.0 Å². The second kappa shape index (κ2) is 5.98. The van der Waals surface area contributed by atoms with Gasteiger partial charge in [-0.1, -0.05) is 43.3 Å². The minimum absolute atomic E-state index is 0.230. The molecule has 104 valence electrons. The number of nitrogens with two attached hydrogens (primary N) is 1. The Bertz CT molecular complexity index is 564. The van der Waals surface area contributed by atoms with Crippen LogP contribution >= 0.6 is 12.2 Å². The van der Waals surface area contributed by atoms with Crippen molar-refractivity contribution in [3.63, 3.8) is 0 Å². The number of benzene rings is 1. The Kier molecular flexibility index (Phi) is 4.54. The van der Waals surface area contributed by atoms with Crippen molar-refractivity contribution < 1.29 is 8.42 Å². The van der Waals surface area contributed by atoms with E-state index in [-0.39, 0.29) is 11.8 Å². The predicted molar refractivity (Wildman–Crippen MR) is 80.3 cm³/mol. The van der Waals surface area contributed by atoms with Gasteiger partial charge in [0.05, 0.1) is 5.25 Å². The van der Waals surface area contributed by atoms with Crippen molar-refractivity contribution in [1.29, 1.82) is 0 Å². The average Bonchev–Trinajstić information content (AvgIpc) is 2.91. The van der Waals surface area contributed by atoms with E-state index in [1.54, 1.807) is 0 Å². The first-order valence-electron chi connectivity index (χ1n) is 6.36. The number of nitrogens with one attached hydrogen (secondary N) is 1. The third kappa shape index (κ3) is 3.75. The van der Waals surface area contributed by atoms with Crippen LogP contribution in [-0.4, -0.2) is 18.7 Å². The fraction of sp³-hybridized carbons (Fsp3) is 0.462. The standard InChI is InChI=1S/C13H18N2O2S2/c14-13(18)11-5-3-4-10(8-11)9-15-19(16,17)12-6-1-2-7-12/h3-5,8,12,15H,1-2,6-7,9H2,(H2,14,18). The second-order valence-corrected chi connectivity index (χ2v) is 7.32. The molecule has 1 saturated carbocycles. The molecule has 1 fully saturated rings. The Hall–Kier alpha value is -0.980. The Morgan fingerprint density at radius 3 is 2.68 bits per heavy atom. The van der Waals surface area contributed by atoms with Gasteiger partial charge in [0.2, 0.25) is 10.0 Å². The SMILES string of the molecule is NC(=S)c1cccc(CNS(=O)(=O)C2CCCC2)c1. The molecule has 1 aromatic rings. The number of rotatable bonds is 5. The molecule has 1 aliphatic carbocycles. The summed E-state index contributed by atoms with van der Waals surface area (Å²) in [5, 5.41) is -0.230. The van der Waals surface area contributed by atoms with E-state index in [4.69, 9.17) is 18.0 Å². The van der Waals surface area contributed by atoms with Gasteiger partial charge in [-0.3, -0.25) is 0 Å². The fourth-order valence-corrected chi connectivity index (χ4v) is 4.02. The molecule has 3 N–H and O–H groups in total. The van der Waals surface area contributed by atoms with Crippen molar-refractivity contribution in [1.82, 2.24) is 4.72 Å². The van der Waals surface area contributed by atoms with Crippen LogP contribution in [0.5, 0.6) is 0 Å². The van der Waals surface area contributed by atoms with E-state index in [1.165, 1.54) is 0 Å². The Balaban J connectivity index is 2.02. The van der Waals surface area contributed by atoms with Crippen LogP contribution in [0.25, 0.3) is 0 Å². The van der Waals surface area contributed by atoms with Crippen LogP contribution in [-0.2, 0) is 16.6 Å². The van der Waals surface area contributed by atoms with Crippen LogP contribution < -0.4 is 10.5 Å². The highest BCUT2D eigenvalue weighted by Gasteiger charge is 2.28. The average molecular weight is 298 g/mol. The van der Waals surface area contributed by atoms with Gasteiger partial charge in [0.25, 0.3) is 0 Å². The molecule has 0 aromatic heterocycles. The third-order valence-corrected chi connectivity index (χ3v) is 5.56. The summed E-state index contributed by atoms with van der Waals surface area (Å²) in [5.41, 5.74) is 7.18. The van der Waals surface area contributed by atoms with E-state index in [0.717, 1.165) is 36.8 Å². The Labute approximate surface area is 119 Å². The van der Waals surface area contributed by atoms with E-state index in [1.807, 2.05) is 24.3 Å². The number of hydrogen-bond acceptors (Lipinski definition) is 3. The summed E-state index contributed by atoms with van der Waals surface area (Å²) in [7, 11) is -3.21. The van der Waals surface area contributed by atoms with Crippen LogP contribution in [0.2, 0.25) is 0 Å². The summed E-state index contributed by atoms with van der Waals surface area (Å²) < 4.78 is 26.8. The number of hydrogen-bond donors (Lipinski definition) is 2. The molecule has 0 unspecified atom stereocenters. The Morgan fingerprint density at radius 2 is 2.05 bits per heavy atom. The molecule has 1 aliphatic rings. The zero-order chi connectivity index (χ0) is 13.9. The topological polar surface area (TPSA) is 72.2 Å². The third-order valence-electron chi connectivity index (χ3n) is 3.43. The summed E-state index contributed by atoms with van der Waals surface area (Å²) in [4.78, 5) is 0.320. The summed E-state index contributed by atoms with van der Waals surface area (Å²) in [6.07, 6.45) is 3.54. The van der Waals surface area contributed by atoms with Gasteiger partial charge >= 0.3 is 0 Å². The molecule has 0 bridgehead atoms. The van der Waals surface area contributed by atoms with Crippen molar-refractivity contribution in [2.75, 3.05) is 0 Å². The van der Waals surface area contributed by atoms with E-state index in [9.17, 15) is 8.42 Å². The molecule has 0 amide bonds. The van der Waals surface area contributed by atoms with Gasteiger partial charge in [-0.25, -0.2) is 13.1 Å². The molecule has 0 atom stereocenters. The monoisotopic (exact) mass is 298 g/mol. The van der Waals surface area contributed by atoms with E-state index in [0.29, 0.717) is 4.99 Å². The summed E-state index contributed by atoms with van der Waals surface area (Å²) in [6, 6.07) is 7.32. The number of thiocarbonyl (C=S) groups is 1. The van der Waals surface area contributed by atoms with Crippen molar-refractivity contribution in [3.8, 4) is 0 Å². The minimum Gasteiger partial charge on any atom is -0.389 e. The zero-order valence-electron chi connectivity index (χ0n) is 10.6. The summed E-state index contributed by atoms with van der Waals surface area (Å²) in [6.45, 7) is 0.287. The molecule has 0 aliphatic heterocycles. The lowest BCUT2D eigenvalue weighted by Gasteiger charge is -2.12. The molecule has 1 aromatic carbocycles. The fourth-order valence-electron chi connectivity index (χ4n) is 2.33. The molecule has 6 heteroatoms. The maximum absolute atomic E-state index is 12.1. The molecular weight excluding hydrogens is 280 g/mol. The molecule has 0 heterocycles. The summed E-state index contributed by atoms with van der Waals surface area (Å²) >= 11 is 4.91. The van der Waals surface area contributed by atoms with Gasteiger partial charge in [-0.05, 0) is 24.5 Å². The highest BCUT2D eigenvalue weighted by molar-refractivity contribution is 7.90. The van der Waals surface area contributed by atoms with Gasteiger partial charge in [0, 0.05) is 12.1 Å². The predicted octanol–water partition coefficient (Wildman–Crippen LogP) is 1.68. The molecular formula is C13H18N2O2S2. The first-order valence-corrected chi connectivity index (χ1v) is 8.32. The van der Waals surface area contributed by atoms with Crippen molar-refractivity contribution in [2.24, 2.45) is 5.73 Å². The molecule has 2 rings (SSSR count). The normalized spacial score (nSPS) is 16.6. The van der Waals surface area contributed by atoms with Crippen LogP contribution in [0.4, 0.5) is 0 Å². The highest BCUT2D eigenvalue weighted by atomic mass is 32.2. The van der Waals surface area contributed by atoms with Gasteiger partial charge in [-0.15, -0.1) is 0 Å². The lowest BCUT2D eigenvalue weighted by molar-refractivity contribution is 0.564. The van der Waals surface area contributed by atoms with Gasteiger partial charge in [-0.2, -0.15) is 0 Å². The van der Waals surface area contributed by atoms with Crippen molar-refractivity contribution in [3.05, 3.63) is 35.4 Å². The van der Waals surface area contributed by atoms with Crippen LogP contribution in [0.1, 0.15) is 36.8 Å². The first kappa shape index (κ1) is 14.4. The molecule has 19 heavy (non-hydrogen) atoms. The molecule has 0 spiro atoms. The van der Waals surface area contributed by atoms with Crippen molar-refractivity contribution >= 4 is 27.2 Å². The molecule has 4 nitrogen and oxygen atoms in total. The molecule has 0 saturated heterocycles. The van der Waals surface area contributed by atoms with Crippen molar-refractivity contribution in [2.45, 2.75) is 37.5 Å². The van der Waals surface area contributed by atoms with Crippen LogP contribution in [0.3, 0.4) is 0 Å². The maximum atomic E-state index is 12.1. The van der Waals surface area contributed by atoms with Gasteiger partial charge in [0.15, 0.2) is 0 Å². The minimum atomic E-state index is -3.21. The lowest BCUT2D eigenvalue weighted by atomic mass is 10.1. The lowest BCUT2D eigenvalue weighted by Crippen LogP contribution is -2.32. The number of sulfonamides is 1. The first-order chi connectivity index (χ1) is 8.99. The largest absolute Gasteiger partial charge is 0.389 e. The highest BCUT2D eigenvalue weighted by Crippen LogP contribution is 2.24. The zero-order valence-corrected chi connectivity index (χ0v) is 12.3. The van der Waals surface area contributed by atoms with Gasteiger partial charge in [0.1, 0.15) is 4.99 Å². The maximum Gasteiger partial charge on any atom is 0.214 e. The van der Waals surface area contributed by atoms with Crippen LogP contribution in [0, 0.1) is 0 Å². The smallest absolute Gasteiger partial charge is 0.214 e. The van der Waals surface area contributed by atoms with E-state index in [2.05, 4.69) is 4.72 Å². The molecule has 0 radical (unpaired) electrons. The van der Waals surface area contributed by atoms with E-state index >= 15 is 0 Å². The van der Waals surface area contributed by atoms with Crippen LogP contribution in [0.15, 0.2) is 24.3 Å². The summed E-state index contributed by atoms with van der Waals surface area (Å²) in [5.74, 6) is 0. The second-order valence-electron chi connectivity index (χ2n) is 4.84. The Morgan fingerprint density at radius 1 is 1.37 bits per heavy atom.